The molecule has 1 amide bonds. The van der Waals surface area contributed by atoms with Crippen LogP contribution >= 0.6 is 11.3 Å². The first-order valence-electron chi connectivity index (χ1n) is 7.19. The van der Waals surface area contributed by atoms with Crippen molar-refractivity contribution in [2.45, 2.75) is 19.3 Å². The van der Waals surface area contributed by atoms with E-state index in [0.717, 1.165) is 26.1 Å². The molecule has 3 rings (SSSR count). The van der Waals surface area contributed by atoms with Gasteiger partial charge in [0.15, 0.2) is 0 Å². The Morgan fingerprint density at radius 2 is 2.19 bits per heavy atom. The van der Waals surface area contributed by atoms with Gasteiger partial charge in [0.05, 0.1) is 0 Å². The summed E-state index contributed by atoms with van der Waals surface area (Å²) >= 11 is 1.32. The van der Waals surface area contributed by atoms with Gasteiger partial charge in [-0.3, -0.25) is 4.79 Å². The highest BCUT2D eigenvalue weighted by Crippen LogP contribution is 2.28. The molecule has 0 bridgehead atoms. The van der Waals surface area contributed by atoms with E-state index in [0.29, 0.717) is 16.1 Å². The van der Waals surface area contributed by atoms with Crippen molar-refractivity contribution in [2.24, 2.45) is 0 Å². The molecule has 1 fully saturated rings. The van der Waals surface area contributed by atoms with Crippen molar-refractivity contribution >= 4 is 22.4 Å². The van der Waals surface area contributed by atoms with Gasteiger partial charge in [-0.1, -0.05) is 41.7 Å². The zero-order valence-electron chi connectivity index (χ0n) is 12.0. The number of anilines is 1. The average Bonchev–Trinajstić information content (AvgIpc) is 3.17. The smallest absolute Gasteiger partial charge is 0.284 e. The minimum absolute atomic E-state index is 0.00455. The fourth-order valence-corrected chi connectivity index (χ4v) is 3.39. The first kappa shape index (κ1) is 14.0. The van der Waals surface area contributed by atoms with Crippen molar-refractivity contribution in [1.82, 2.24) is 15.1 Å². The summed E-state index contributed by atoms with van der Waals surface area (Å²) in [6.07, 6.45) is 1.01. The van der Waals surface area contributed by atoms with Crippen LogP contribution in [0.2, 0.25) is 0 Å². The third-order valence-electron chi connectivity index (χ3n) is 3.68. The molecule has 1 saturated heterocycles. The van der Waals surface area contributed by atoms with Crippen molar-refractivity contribution < 1.29 is 4.79 Å². The van der Waals surface area contributed by atoms with Crippen LogP contribution in [0.15, 0.2) is 30.3 Å². The number of hydrogen-bond donors (Lipinski definition) is 1. The number of rotatable bonds is 4. The van der Waals surface area contributed by atoms with Crippen LogP contribution in [0.5, 0.6) is 0 Å². The molecule has 0 radical (unpaired) electrons. The molecule has 5 nitrogen and oxygen atoms in total. The molecule has 2 aromatic rings. The zero-order valence-corrected chi connectivity index (χ0v) is 12.8. The minimum atomic E-state index is -0.00455. The Morgan fingerprint density at radius 3 is 2.95 bits per heavy atom. The number of aromatic nitrogens is 2. The Morgan fingerprint density at radius 1 is 1.38 bits per heavy atom. The molecule has 21 heavy (non-hydrogen) atoms. The fraction of sp³-hybridized carbons (Fsp3) is 0.400. The maximum Gasteiger partial charge on any atom is 0.284 e. The van der Waals surface area contributed by atoms with Gasteiger partial charge in [-0.2, -0.15) is 0 Å². The largest absolute Gasteiger partial charge is 0.360 e. The summed E-state index contributed by atoms with van der Waals surface area (Å²) in [7, 11) is 0. The van der Waals surface area contributed by atoms with Crippen molar-refractivity contribution in [3.63, 3.8) is 0 Å². The lowest BCUT2D eigenvalue weighted by Gasteiger charge is -2.14. The first-order valence-corrected chi connectivity index (χ1v) is 8.01. The maximum atomic E-state index is 12.4. The van der Waals surface area contributed by atoms with Crippen LogP contribution < -0.4 is 5.32 Å². The van der Waals surface area contributed by atoms with Crippen molar-refractivity contribution in [2.75, 3.05) is 25.0 Å². The minimum Gasteiger partial charge on any atom is -0.360 e. The van der Waals surface area contributed by atoms with Crippen LogP contribution in [0.4, 0.5) is 5.13 Å². The summed E-state index contributed by atoms with van der Waals surface area (Å²) in [5.41, 5.74) is 1.30. The van der Waals surface area contributed by atoms with E-state index in [1.165, 1.54) is 16.9 Å². The van der Waals surface area contributed by atoms with E-state index in [-0.39, 0.29) is 5.91 Å². The summed E-state index contributed by atoms with van der Waals surface area (Å²) < 4.78 is 0. The normalized spacial score (nSPS) is 18.0. The van der Waals surface area contributed by atoms with Gasteiger partial charge in [0.1, 0.15) is 0 Å². The number of carbonyl (C=O) groups excluding carboxylic acids is 1. The van der Waals surface area contributed by atoms with Gasteiger partial charge in [0, 0.05) is 25.6 Å². The van der Waals surface area contributed by atoms with E-state index in [9.17, 15) is 4.79 Å². The second-order valence-electron chi connectivity index (χ2n) is 5.09. The van der Waals surface area contributed by atoms with E-state index in [2.05, 4.69) is 27.6 Å². The first-order chi connectivity index (χ1) is 10.3. The molecule has 6 heteroatoms. The molecular weight excluding hydrogens is 284 g/mol. The lowest BCUT2D eigenvalue weighted by atomic mass is 9.99. The predicted molar refractivity (Wildman–Crippen MR) is 83.8 cm³/mol. The van der Waals surface area contributed by atoms with Crippen molar-refractivity contribution in [3.05, 3.63) is 40.9 Å². The highest BCUT2D eigenvalue weighted by atomic mass is 32.1. The summed E-state index contributed by atoms with van der Waals surface area (Å²) in [5, 5.41) is 12.2. The third-order valence-corrected chi connectivity index (χ3v) is 4.55. The highest BCUT2D eigenvalue weighted by molar-refractivity contribution is 7.17. The van der Waals surface area contributed by atoms with Crippen LogP contribution in [0.1, 0.15) is 34.6 Å². The molecule has 0 spiro atoms. The Hall–Kier alpha value is -1.95. The summed E-state index contributed by atoms with van der Waals surface area (Å²) in [4.78, 5) is 14.3. The van der Waals surface area contributed by atoms with Crippen LogP contribution in [-0.4, -0.2) is 40.6 Å². The molecule has 1 unspecified atom stereocenters. The van der Waals surface area contributed by atoms with Gasteiger partial charge in [0.25, 0.3) is 5.91 Å². The standard InChI is InChI=1S/C15H18N4OS/c1-2-16-15-18-17-13(21-15)14(20)19-9-8-12(10-19)11-6-4-3-5-7-11/h3-7,12H,2,8-10H2,1H3,(H,16,18). The van der Waals surface area contributed by atoms with E-state index in [1.807, 2.05) is 30.0 Å². The quantitative estimate of drug-likeness (QED) is 0.943. The Balaban J connectivity index is 1.66. The van der Waals surface area contributed by atoms with E-state index in [1.54, 1.807) is 0 Å². The Bertz CT molecular complexity index is 613. The molecule has 0 aliphatic carbocycles. The second kappa shape index (κ2) is 6.22. The molecule has 2 heterocycles. The van der Waals surface area contributed by atoms with Crippen LogP contribution in [0, 0.1) is 0 Å². The molecular formula is C15H18N4OS. The monoisotopic (exact) mass is 302 g/mol. The second-order valence-corrected chi connectivity index (χ2v) is 6.07. The SMILES string of the molecule is CCNc1nnc(C(=O)N2CCC(c3ccccc3)C2)s1. The van der Waals surface area contributed by atoms with Gasteiger partial charge in [0.2, 0.25) is 10.1 Å². The van der Waals surface area contributed by atoms with E-state index >= 15 is 0 Å². The molecule has 1 aliphatic rings. The Labute approximate surface area is 128 Å². The molecule has 1 atom stereocenters. The lowest BCUT2D eigenvalue weighted by molar-refractivity contribution is 0.0789. The van der Waals surface area contributed by atoms with Crippen LogP contribution in [0.25, 0.3) is 0 Å². The van der Waals surface area contributed by atoms with Gasteiger partial charge in [-0.15, -0.1) is 10.2 Å². The summed E-state index contributed by atoms with van der Waals surface area (Å²) in [6, 6.07) is 10.4. The van der Waals surface area contributed by atoms with Gasteiger partial charge in [-0.05, 0) is 18.9 Å². The Kier molecular flexibility index (Phi) is 4.15. The average molecular weight is 302 g/mol. The third kappa shape index (κ3) is 3.05. The number of amides is 1. The number of nitrogens with one attached hydrogen (secondary N) is 1. The molecule has 1 aromatic heterocycles. The maximum absolute atomic E-state index is 12.4. The molecule has 1 aliphatic heterocycles. The number of hydrogen-bond acceptors (Lipinski definition) is 5. The molecule has 0 saturated carbocycles. The van der Waals surface area contributed by atoms with Gasteiger partial charge >= 0.3 is 0 Å². The lowest BCUT2D eigenvalue weighted by Crippen LogP contribution is -2.28. The number of carbonyl (C=O) groups is 1. The summed E-state index contributed by atoms with van der Waals surface area (Å²) in [5.74, 6) is 0.423. The van der Waals surface area contributed by atoms with Crippen LogP contribution in [-0.2, 0) is 0 Å². The van der Waals surface area contributed by atoms with Gasteiger partial charge < -0.3 is 10.2 Å². The predicted octanol–water partition coefficient (Wildman–Crippen LogP) is 2.60. The molecule has 1 N–H and O–H groups in total. The number of nitrogens with zero attached hydrogens (tertiary/aromatic N) is 3. The highest BCUT2D eigenvalue weighted by Gasteiger charge is 2.29. The van der Waals surface area contributed by atoms with E-state index < -0.39 is 0 Å². The molecule has 110 valence electrons. The van der Waals surface area contributed by atoms with Crippen LogP contribution in [0.3, 0.4) is 0 Å². The number of likely N-dealkylation sites (tertiary alicyclic amines) is 1. The van der Waals surface area contributed by atoms with E-state index in [4.69, 9.17) is 0 Å². The molecule has 1 aromatic carbocycles. The van der Waals surface area contributed by atoms with Crippen molar-refractivity contribution in [1.29, 1.82) is 0 Å². The number of benzene rings is 1. The topological polar surface area (TPSA) is 58.1 Å². The fourth-order valence-electron chi connectivity index (χ4n) is 2.61. The summed E-state index contributed by atoms with van der Waals surface area (Å²) in [6.45, 7) is 4.32. The zero-order chi connectivity index (χ0) is 14.7. The van der Waals surface area contributed by atoms with Crippen molar-refractivity contribution in [3.8, 4) is 0 Å². The van der Waals surface area contributed by atoms with Gasteiger partial charge in [-0.25, -0.2) is 0 Å².